The Labute approximate surface area is 59.5 Å². The molecular weight excluding hydrogens is 155 g/mol. The number of fused-ring (bicyclic) bond motifs is 1. The molecule has 0 nitrogen and oxygen atoms in total. The van der Waals surface area contributed by atoms with Crippen LogP contribution in [-0.2, 0) is 0 Å². The van der Waals surface area contributed by atoms with Gasteiger partial charge in [-0.15, -0.1) is 0 Å². The van der Waals surface area contributed by atoms with Crippen LogP contribution < -0.4 is 0 Å². The van der Waals surface area contributed by atoms with Gasteiger partial charge in [0.2, 0.25) is 0 Å². The van der Waals surface area contributed by atoms with Gasteiger partial charge in [-0.1, -0.05) is 0 Å². The van der Waals surface area contributed by atoms with E-state index in [9.17, 15) is 0 Å². The van der Waals surface area contributed by atoms with E-state index in [1.165, 1.54) is 11.0 Å². The second kappa shape index (κ2) is 1.41. The number of hydrogen-bond donors (Lipinski definition) is 0. The number of thioether (sulfide) groups is 2. The predicted octanol–water partition coefficient (Wildman–Crippen LogP) is 2.45. The van der Waals surface area contributed by atoms with Gasteiger partial charge in [-0.3, -0.25) is 0 Å². The van der Waals surface area contributed by atoms with Gasteiger partial charge in [0.1, 0.15) is 0 Å². The standard InChI is InChI=1S/C5H11PS2/c1-5-6(2,3-7-5)4-8-5/h6H,3-4H2,1-2H3. The van der Waals surface area contributed by atoms with Crippen molar-refractivity contribution in [2.45, 2.75) is 10.7 Å². The van der Waals surface area contributed by atoms with Crippen LogP contribution >= 0.6 is 30.8 Å². The molecule has 2 rings (SSSR count). The molecule has 8 heavy (non-hydrogen) atoms. The van der Waals surface area contributed by atoms with Gasteiger partial charge in [0, 0.05) is 0 Å². The van der Waals surface area contributed by atoms with Gasteiger partial charge in [0.15, 0.2) is 0 Å². The summed E-state index contributed by atoms with van der Waals surface area (Å²) in [6.07, 6.45) is 0. The molecule has 0 aromatic heterocycles. The van der Waals surface area contributed by atoms with Crippen LogP contribution in [0.3, 0.4) is 0 Å². The molecule has 2 fully saturated rings. The Morgan fingerprint density at radius 3 is 1.75 bits per heavy atom. The van der Waals surface area contributed by atoms with Gasteiger partial charge in [-0.05, 0) is 0 Å². The van der Waals surface area contributed by atoms with E-state index in [2.05, 4.69) is 37.1 Å². The van der Waals surface area contributed by atoms with E-state index in [-0.39, 0.29) is 0 Å². The first-order valence-electron chi connectivity index (χ1n) is 2.94. The summed E-state index contributed by atoms with van der Waals surface area (Å²) >= 11 is 4.36. The fourth-order valence-corrected chi connectivity index (χ4v) is 13.0. The molecule has 0 aromatic carbocycles. The molecule has 48 valence electrons. The maximum atomic E-state index is 2.54. The molecule has 0 radical (unpaired) electrons. The number of hydrogen-bond acceptors (Lipinski definition) is 2. The van der Waals surface area contributed by atoms with Crippen LogP contribution in [0.2, 0.25) is 0 Å². The summed E-state index contributed by atoms with van der Waals surface area (Å²) in [4.78, 5) is 0. The van der Waals surface area contributed by atoms with Crippen molar-refractivity contribution < 1.29 is 0 Å². The third-order valence-electron chi connectivity index (χ3n) is 2.43. The third kappa shape index (κ3) is 0.460. The second-order valence-corrected chi connectivity index (χ2v) is 12.7. The van der Waals surface area contributed by atoms with Gasteiger partial charge in [0.25, 0.3) is 0 Å². The van der Waals surface area contributed by atoms with Crippen LogP contribution in [0.4, 0.5) is 0 Å². The second-order valence-electron chi connectivity index (χ2n) is 3.08. The first-order chi connectivity index (χ1) is 3.66. The van der Waals surface area contributed by atoms with Crippen molar-refractivity contribution in [2.24, 2.45) is 0 Å². The van der Waals surface area contributed by atoms with Crippen molar-refractivity contribution in [2.75, 3.05) is 17.7 Å². The Morgan fingerprint density at radius 2 is 1.75 bits per heavy atom. The van der Waals surface area contributed by atoms with Crippen molar-refractivity contribution >= 4 is 30.8 Å². The summed E-state index contributed by atoms with van der Waals surface area (Å²) in [5, 5.41) is 0. The van der Waals surface area contributed by atoms with Crippen molar-refractivity contribution in [3.05, 3.63) is 0 Å². The van der Waals surface area contributed by atoms with Crippen molar-refractivity contribution in [3.8, 4) is 0 Å². The molecule has 0 saturated carbocycles. The third-order valence-corrected chi connectivity index (χ3v) is 16.5. The Kier molecular flexibility index (Phi) is 1.04. The SMILES string of the molecule is CC12SC[PH]1(C)CS2. The Morgan fingerprint density at radius 1 is 1.38 bits per heavy atom. The van der Waals surface area contributed by atoms with E-state index < -0.39 is 7.26 Å². The monoisotopic (exact) mass is 166 g/mol. The Hall–Kier alpha value is 1.13. The molecular formula is C5H11PS2. The van der Waals surface area contributed by atoms with Crippen LogP contribution in [-0.4, -0.2) is 21.5 Å². The zero-order valence-corrected chi connectivity index (χ0v) is 7.86. The van der Waals surface area contributed by atoms with E-state index in [0.717, 1.165) is 3.82 Å². The summed E-state index contributed by atoms with van der Waals surface area (Å²) in [5.74, 6) is 0. The maximum absolute atomic E-state index is 2.54. The van der Waals surface area contributed by atoms with Crippen LogP contribution in [0.1, 0.15) is 6.92 Å². The molecule has 0 aliphatic carbocycles. The molecule has 0 unspecified atom stereocenters. The van der Waals surface area contributed by atoms with Crippen LogP contribution in [0, 0.1) is 0 Å². The van der Waals surface area contributed by atoms with Crippen LogP contribution in [0.15, 0.2) is 0 Å². The molecule has 0 bridgehead atoms. The van der Waals surface area contributed by atoms with Crippen LogP contribution in [0.25, 0.3) is 0 Å². The molecule has 2 saturated heterocycles. The Bertz CT molecular complexity index is 110. The average molecular weight is 166 g/mol. The van der Waals surface area contributed by atoms with Crippen molar-refractivity contribution in [1.82, 2.24) is 0 Å². The predicted molar refractivity (Wildman–Crippen MR) is 47.6 cm³/mol. The topological polar surface area (TPSA) is 0 Å². The average Bonchev–Trinajstić information content (AvgIpc) is 1.81. The zero-order chi connectivity index (χ0) is 5.83. The van der Waals surface area contributed by atoms with Gasteiger partial charge in [-0.2, -0.15) is 0 Å². The molecule has 0 atom stereocenters. The quantitative estimate of drug-likeness (QED) is 0.507. The van der Waals surface area contributed by atoms with E-state index in [1.54, 1.807) is 0 Å². The van der Waals surface area contributed by atoms with E-state index in [4.69, 9.17) is 0 Å². The molecule has 0 amide bonds. The molecule has 0 spiro atoms. The van der Waals surface area contributed by atoms with Gasteiger partial charge < -0.3 is 0 Å². The number of rotatable bonds is 0. The van der Waals surface area contributed by atoms with Crippen molar-refractivity contribution in [1.29, 1.82) is 0 Å². The minimum atomic E-state index is -0.572. The van der Waals surface area contributed by atoms with Gasteiger partial charge in [-0.25, -0.2) is 0 Å². The molecule has 0 N–H and O–H groups in total. The summed E-state index contributed by atoms with van der Waals surface area (Å²) in [5.41, 5.74) is 3.08. The van der Waals surface area contributed by atoms with E-state index in [1.807, 2.05) is 0 Å². The molecule has 0 aromatic rings. The summed E-state index contributed by atoms with van der Waals surface area (Å²) in [6, 6.07) is 0. The Balaban J connectivity index is 2.22. The molecule has 2 aliphatic heterocycles. The first-order valence-corrected chi connectivity index (χ1v) is 7.83. The minimum absolute atomic E-state index is 0.572. The van der Waals surface area contributed by atoms with E-state index >= 15 is 0 Å². The normalized spacial score (nSPS) is 52.8. The summed E-state index contributed by atoms with van der Waals surface area (Å²) in [6.45, 7) is 4.97. The van der Waals surface area contributed by atoms with Gasteiger partial charge >= 0.3 is 59.2 Å². The fraction of sp³-hybridized carbons (Fsp3) is 1.00. The molecule has 3 heteroatoms. The summed E-state index contributed by atoms with van der Waals surface area (Å²) < 4.78 is 0.771. The fourth-order valence-electron chi connectivity index (χ4n) is 1.13. The van der Waals surface area contributed by atoms with Gasteiger partial charge in [0.05, 0.1) is 0 Å². The molecule has 2 aliphatic rings. The van der Waals surface area contributed by atoms with E-state index in [0.29, 0.717) is 0 Å². The van der Waals surface area contributed by atoms with Crippen LogP contribution in [0.5, 0.6) is 0 Å². The zero-order valence-electron chi connectivity index (χ0n) is 5.23. The summed E-state index contributed by atoms with van der Waals surface area (Å²) in [7, 11) is -0.572. The first kappa shape index (κ1) is 5.88. The van der Waals surface area contributed by atoms with Crippen molar-refractivity contribution in [3.63, 3.8) is 0 Å². The molecule has 2 heterocycles.